The number of anilines is 1. The molecule has 1 fully saturated rings. The van der Waals surface area contributed by atoms with Gasteiger partial charge in [-0.05, 0) is 43.0 Å². The quantitative estimate of drug-likeness (QED) is 0.322. The molecule has 9 nitrogen and oxygen atoms in total. The second kappa shape index (κ2) is 13.9. The maximum absolute atomic E-state index is 14.3. The van der Waals surface area contributed by atoms with Gasteiger partial charge in [-0.15, -0.1) is 0 Å². The van der Waals surface area contributed by atoms with E-state index in [4.69, 9.17) is 9.47 Å². The minimum atomic E-state index is -3.87. The normalized spacial score (nSPS) is 15.5. The Labute approximate surface area is 253 Å². The lowest BCUT2D eigenvalue weighted by atomic mass is 9.94. The third-order valence-corrected chi connectivity index (χ3v) is 9.78. The summed E-state index contributed by atoms with van der Waals surface area (Å²) in [7, 11) is -3.87. The number of sulfonamides is 1. The first-order valence-corrected chi connectivity index (χ1v) is 16.5. The Morgan fingerprint density at radius 3 is 2.21 bits per heavy atom. The highest BCUT2D eigenvalue weighted by Crippen LogP contribution is 2.36. The average Bonchev–Trinajstić information content (AvgIpc) is 3.51. The van der Waals surface area contributed by atoms with E-state index in [1.807, 2.05) is 60.7 Å². The third-order valence-electron chi connectivity index (χ3n) is 8.04. The van der Waals surface area contributed by atoms with Crippen LogP contribution in [0.5, 0.6) is 11.5 Å². The van der Waals surface area contributed by atoms with Crippen LogP contribution in [-0.2, 0) is 32.6 Å². The lowest BCUT2D eigenvalue weighted by Crippen LogP contribution is -2.55. The summed E-state index contributed by atoms with van der Waals surface area (Å²) in [4.78, 5) is 29.9. The fourth-order valence-corrected chi connectivity index (χ4v) is 6.69. The van der Waals surface area contributed by atoms with Gasteiger partial charge in [0.15, 0.2) is 11.5 Å². The Hall–Kier alpha value is -4.05. The van der Waals surface area contributed by atoms with E-state index in [1.54, 1.807) is 18.2 Å². The fourth-order valence-electron chi connectivity index (χ4n) is 5.64. The monoisotopic (exact) mass is 605 g/mol. The van der Waals surface area contributed by atoms with Gasteiger partial charge in [-0.2, -0.15) is 0 Å². The van der Waals surface area contributed by atoms with Crippen molar-refractivity contribution >= 4 is 27.5 Å². The maximum Gasteiger partial charge on any atom is 0.244 e. The first kappa shape index (κ1) is 30.4. The van der Waals surface area contributed by atoms with Crippen molar-refractivity contribution in [1.82, 2.24) is 10.2 Å². The second-order valence-corrected chi connectivity index (χ2v) is 13.2. The zero-order chi connectivity index (χ0) is 30.2. The number of amides is 2. The van der Waals surface area contributed by atoms with E-state index in [2.05, 4.69) is 5.32 Å². The zero-order valence-corrected chi connectivity index (χ0v) is 25.3. The summed E-state index contributed by atoms with van der Waals surface area (Å²) in [6, 6.07) is 23.1. The molecule has 43 heavy (non-hydrogen) atoms. The highest BCUT2D eigenvalue weighted by atomic mass is 32.2. The van der Waals surface area contributed by atoms with E-state index in [0.717, 1.165) is 47.5 Å². The second-order valence-electron chi connectivity index (χ2n) is 11.0. The number of hydrogen-bond acceptors (Lipinski definition) is 6. The fraction of sp³-hybridized carbons (Fsp3) is 0.394. The van der Waals surface area contributed by atoms with Gasteiger partial charge in [0.1, 0.15) is 12.6 Å². The van der Waals surface area contributed by atoms with E-state index < -0.39 is 28.5 Å². The summed E-state index contributed by atoms with van der Waals surface area (Å²) in [6.45, 7) is 1.26. The molecule has 2 amide bonds. The van der Waals surface area contributed by atoms with E-state index in [0.29, 0.717) is 23.6 Å². The van der Waals surface area contributed by atoms with Crippen LogP contribution in [0.1, 0.15) is 50.2 Å². The van der Waals surface area contributed by atoms with Crippen LogP contribution in [0.25, 0.3) is 0 Å². The number of fused-ring (bicyclic) bond motifs is 1. The lowest BCUT2D eigenvalue weighted by molar-refractivity contribution is -0.140. The Bertz CT molecular complexity index is 1490. The molecule has 0 aromatic heterocycles. The molecule has 2 aliphatic rings. The van der Waals surface area contributed by atoms with Gasteiger partial charge in [0.2, 0.25) is 28.6 Å². The summed E-state index contributed by atoms with van der Waals surface area (Å²) in [5.41, 5.74) is 2.05. The van der Waals surface area contributed by atoms with Crippen LogP contribution in [0, 0.1) is 0 Å². The number of nitrogens with zero attached hydrogens (tertiary/aromatic N) is 2. The van der Waals surface area contributed by atoms with E-state index in [-0.39, 0.29) is 31.0 Å². The topological polar surface area (TPSA) is 105 Å². The molecule has 1 saturated carbocycles. The van der Waals surface area contributed by atoms with Gasteiger partial charge < -0.3 is 19.7 Å². The molecule has 1 aliphatic heterocycles. The summed E-state index contributed by atoms with van der Waals surface area (Å²) in [5, 5.41) is 3.22. The Morgan fingerprint density at radius 2 is 1.53 bits per heavy atom. The molecule has 1 atom stereocenters. The van der Waals surface area contributed by atoms with Crippen molar-refractivity contribution in [2.45, 2.75) is 64.1 Å². The minimum absolute atomic E-state index is 0.0420. The molecule has 1 aliphatic carbocycles. The molecular weight excluding hydrogens is 566 g/mol. The van der Waals surface area contributed by atoms with E-state index in [1.165, 1.54) is 11.8 Å². The smallest absolute Gasteiger partial charge is 0.244 e. The van der Waals surface area contributed by atoms with Crippen LogP contribution >= 0.6 is 0 Å². The average molecular weight is 606 g/mol. The van der Waals surface area contributed by atoms with E-state index >= 15 is 0 Å². The highest BCUT2D eigenvalue weighted by Gasteiger charge is 2.35. The lowest BCUT2D eigenvalue weighted by Gasteiger charge is -2.35. The van der Waals surface area contributed by atoms with Gasteiger partial charge in [0.05, 0.1) is 11.4 Å². The van der Waals surface area contributed by atoms with Gasteiger partial charge >= 0.3 is 0 Å². The van der Waals surface area contributed by atoms with Gasteiger partial charge in [-0.25, -0.2) is 8.42 Å². The number of ether oxygens (including phenoxy) is 2. The number of benzene rings is 3. The predicted octanol–water partition coefficient (Wildman–Crippen LogP) is 4.66. The van der Waals surface area contributed by atoms with Crippen molar-refractivity contribution in [2.24, 2.45) is 0 Å². The summed E-state index contributed by atoms with van der Waals surface area (Å²) >= 11 is 0. The zero-order valence-electron chi connectivity index (χ0n) is 24.5. The van der Waals surface area contributed by atoms with Crippen LogP contribution in [0.3, 0.4) is 0 Å². The van der Waals surface area contributed by atoms with Crippen LogP contribution in [0.2, 0.25) is 0 Å². The molecule has 1 heterocycles. The number of carbonyl (C=O) groups excluding carboxylic acids is 2. The summed E-state index contributed by atoms with van der Waals surface area (Å²) in [5.74, 6) is 0.0164. The number of nitrogens with one attached hydrogen (secondary N) is 1. The summed E-state index contributed by atoms with van der Waals surface area (Å²) < 4.78 is 38.7. The standard InChI is InChI=1S/C33H39N3O6S/c1-2-43(39,40)36(28-18-19-30-31(21-28)42-24-41-30)23-32(37)35(22-26-14-8-4-9-15-26)29(20-25-12-6-3-7-13-25)33(38)34-27-16-10-5-11-17-27/h3-4,6-9,12-15,18-19,21,27,29H,2,5,10-11,16-17,20,22-24H2,1H3,(H,34,38)/t29-/m0/s1. The third kappa shape index (κ3) is 7.67. The maximum atomic E-state index is 14.3. The Kier molecular flexibility index (Phi) is 9.86. The van der Waals surface area contributed by atoms with Crippen LogP contribution < -0.4 is 19.1 Å². The molecule has 1 N–H and O–H groups in total. The van der Waals surface area contributed by atoms with Crippen LogP contribution in [-0.4, -0.2) is 56.3 Å². The molecule has 0 unspecified atom stereocenters. The first-order valence-electron chi connectivity index (χ1n) is 14.9. The van der Waals surface area contributed by atoms with Gasteiger partial charge in [0, 0.05) is 25.1 Å². The molecule has 0 spiro atoms. The Morgan fingerprint density at radius 1 is 0.884 bits per heavy atom. The summed E-state index contributed by atoms with van der Waals surface area (Å²) in [6.07, 6.45) is 5.37. The largest absolute Gasteiger partial charge is 0.454 e. The number of rotatable bonds is 12. The molecule has 0 saturated heterocycles. The van der Waals surface area contributed by atoms with Crippen molar-refractivity contribution < 1.29 is 27.5 Å². The molecule has 10 heteroatoms. The van der Waals surface area contributed by atoms with Crippen molar-refractivity contribution in [3.05, 3.63) is 90.0 Å². The van der Waals surface area contributed by atoms with Gasteiger partial charge in [-0.1, -0.05) is 79.9 Å². The van der Waals surface area contributed by atoms with Gasteiger partial charge in [-0.3, -0.25) is 13.9 Å². The molecular formula is C33H39N3O6S. The highest BCUT2D eigenvalue weighted by molar-refractivity contribution is 7.92. The first-order chi connectivity index (χ1) is 20.8. The molecule has 0 bridgehead atoms. The van der Waals surface area contributed by atoms with Crippen molar-refractivity contribution in [3.8, 4) is 11.5 Å². The number of hydrogen-bond donors (Lipinski definition) is 1. The van der Waals surface area contributed by atoms with Gasteiger partial charge in [0.25, 0.3) is 0 Å². The molecule has 5 rings (SSSR count). The van der Waals surface area contributed by atoms with E-state index in [9.17, 15) is 18.0 Å². The Balaban J connectivity index is 1.50. The molecule has 228 valence electrons. The predicted molar refractivity (Wildman–Crippen MR) is 165 cm³/mol. The van der Waals surface area contributed by atoms with Crippen LogP contribution in [0.15, 0.2) is 78.9 Å². The van der Waals surface area contributed by atoms with Crippen molar-refractivity contribution in [3.63, 3.8) is 0 Å². The van der Waals surface area contributed by atoms with Crippen LogP contribution in [0.4, 0.5) is 5.69 Å². The van der Waals surface area contributed by atoms with Crippen molar-refractivity contribution in [1.29, 1.82) is 0 Å². The minimum Gasteiger partial charge on any atom is -0.454 e. The number of carbonyl (C=O) groups is 2. The SMILES string of the molecule is CCS(=O)(=O)N(CC(=O)N(Cc1ccccc1)[C@@H](Cc1ccccc1)C(=O)NC1CCCCC1)c1ccc2c(c1)OCO2. The molecule has 3 aromatic carbocycles. The van der Waals surface area contributed by atoms with Crippen molar-refractivity contribution in [2.75, 3.05) is 23.4 Å². The molecule has 0 radical (unpaired) electrons. The molecule has 3 aromatic rings.